The molecule has 0 atom stereocenters. The third kappa shape index (κ3) is 4.18. The van der Waals surface area contributed by atoms with Crippen molar-refractivity contribution in [3.05, 3.63) is 58.3 Å². The molecule has 1 aromatic heterocycles. The molecule has 3 nitrogen and oxygen atoms in total. The summed E-state index contributed by atoms with van der Waals surface area (Å²) in [5.41, 5.74) is 2.89. The Morgan fingerprint density at radius 3 is 2.50 bits per heavy atom. The summed E-state index contributed by atoms with van der Waals surface area (Å²) in [5.74, 6) is 0.944. The van der Waals surface area contributed by atoms with Crippen LogP contribution < -0.4 is 9.64 Å². The van der Waals surface area contributed by atoms with E-state index in [1.807, 2.05) is 0 Å². The maximum Gasteiger partial charge on any atom is 0.122 e. The van der Waals surface area contributed by atoms with E-state index in [1.54, 1.807) is 11.3 Å². The average molecular weight is 395 g/mol. The van der Waals surface area contributed by atoms with Gasteiger partial charge >= 0.3 is 0 Å². The van der Waals surface area contributed by atoms with E-state index in [9.17, 15) is 0 Å². The van der Waals surface area contributed by atoms with Gasteiger partial charge in [-0.15, -0.1) is 11.3 Å². The van der Waals surface area contributed by atoms with Crippen molar-refractivity contribution in [1.82, 2.24) is 4.90 Å². The number of hydrogen-bond donors (Lipinski definition) is 0. The predicted octanol–water partition coefficient (Wildman–Crippen LogP) is 5.53. The Morgan fingerprint density at radius 2 is 1.79 bits per heavy atom. The molecule has 1 aliphatic rings. The molecule has 0 unspecified atom stereocenters. The van der Waals surface area contributed by atoms with Gasteiger partial charge in [-0.1, -0.05) is 39.0 Å². The van der Waals surface area contributed by atoms with E-state index in [1.165, 1.54) is 26.9 Å². The Hall–Kier alpha value is -2.04. The second-order valence-electron chi connectivity index (χ2n) is 8.79. The normalized spacial score (nSPS) is 15.9. The van der Waals surface area contributed by atoms with E-state index < -0.39 is 0 Å². The number of likely N-dealkylation sites (N-methyl/N-ethyl adjacent to an activating group) is 1. The Balaban J connectivity index is 1.54. The first-order valence-corrected chi connectivity index (χ1v) is 10.9. The molecular weight excluding hydrogens is 364 g/mol. The lowest BCUT2D eigenvalue weighted by Crippen LogP contribution is -2.44. The van der Waals surface area contributed by atoms with Crippen molar-refractivity contribution in [1.29, 1.82) is 0 Å². The van der Waals surface area contributed by atoms with Gasteiger partial charge in [-0.25, -0.2) is 0 Å². The minimum Gasteiger partial charge on any atom is -0.488 e. The summed E-state index contributed by atoms with van der Waals surface area (Å²) in [6, 6.07) is 15.4. The molecule has 4 rings (SSSR count). The van der Waals surface area contributed by atoms with Gasteiger partial charge in [0.05, 0.1) is 0 Å². The van der Waals surface area contributed by atoms with Crippen LogP contribution >= 0.6 is 11.3 Å². The molecule has 0 bridgehead atoms. The monoisotopic (exact) mass is 394 g/mol. The molecular formula is C24H30N2OS. The summed E-state index contributed by atoms with van der Waals surface area (Å²) in [4.78, 5) is 6.17. The van der Waals surface area contributed by atoms with Crippen LogP contribution in [0.5, 0.6) is 5.75 Å². The van der Waals surface area contributed by atoms with E-state index >= 15 is 0 Å². The van der Waals surface area contributed by atoms with Gasteiger partial charge in [0.25, 0.3) is 0 Å². The van der Waals surface area contributed by atoms with Crippen LogP contribution in [-0.2, 0) is 12.0 Å². The molecule has 0 N–H and O–H groups in total. The average Bonchev–Trinajstić information content (AvgIpc) is 3.16. The quantitative estimate of drug-likeness (QED) is 0.579. The SMILES string of the molecule is CN1CCN(c2cccc3ccc(OCc4cc(C(C)(C)C)cs4)cc23)CC1. The number of rotatable bonds is 4. The van der Waals surface area contributed by atoms with Crippen LogP contribution in [0.3, 0.4) is 0 Å². The molecule has 3 aromatic rings. The molecule has 1 aliphatic heterocycles. The second-order valence-corrected chi connectivity index (χ2v) is 9.79. The third-order valence-electron chi connectivity index (χ3n) is 5.58. The highest BCUT2D eigenvalue weighted by Crippen LogP contribution is 2.32. The molecule has 28 heavy (non-hydrogen) atoms. The number of nitrogens with zero attached hydrogens (tertiary/aromatic N) is 2. The van der Waals surface area contributed by atoms with Crippen molar-refractivity contribution in [2.24, 2.45) is 0 Å². The third-order valence-corrected chi connectivity index (χ3v) is 6.49. The summed E-state index contributed by atoms with van der Waals surface area (Å²) < 4.78 is 6.17. The summed E-state index contributed by atoms with van der Waals surface area (Å²) in [7, 11) is 2.20. The predicted molar refractivity (Wildman–Crippen MR) is 121 cm³/mol. The van der Waals surface area contributed by atoms with Crippen molar-refractivity contribution in [2.75, 3.05) is 38.1 Å². The number of piperazine rings is 1. The Kier molecular flexibility index (Phi) is 5.35. The summed E-state index contributed by atoms with van der Waals surface area (Å²) in [6.07, 6.45) is 0. The van der Waals surface area contributed by atoms with E-state index in [4.69, 9.17) is 4.74 Å². The zero-order valence-electron chi connectivity index (χ0n) is 17.4. The Labute approximate surface area is 172 Å². The van der Waals surface area contributed by atoms with Crippen molar-refractivity contribution in [3.8, 4) is 5.75 Å². The van der Waals surface area contributed by atoms with E-state index in [2.05, 4.69) is 85.5 Å². The number of thiophene rings is 1. The van der Waals surface area contributed by atoms with Gasteiger partial charge < -0.3 is 14.5 Å². The lowest BCUT2D eigenvalue weighted by Gasteiger charge is -2.34. The molecule has 0 radical (unpaired) electrons. The Bertz CT molecular complexity index is 949. The topological polar surface area (TPSA) is 15.7 Å². The number of anilines is 1. The maximum atomic E-state index is 6.17. The zero-order valence-corrected chi connectivity index (χ0v) is 18.2. The van der Waals surface area contributed by atoms with Crippen molar-refractivity contribution < 1.29 is 4.74 Å². The van der Waals surface area contributed by atoms with Gasteiger partial charge in [-0.3, -0.25) is 0 Å². The molecule has 0 aliphatic carbocycles. The van der Waals surface area contributed by atoms with Crippen LogP contribution in [0.25, 0.3) is 10.8 Å². The standard InChI is InChI=1S/C24H30N2OS/c1-24(2,3)19-14-21(28-17-19)16-27-20-9-8-18-6-5-7-23(22(18)15-20)26-12-10-25(4)11-13-26/h5-9,14-15,17H,10-13,16H2,1-4H3. The number of fused-ring (bicyclic) bond motifs is 1. The number of benzene rings is 2. The number of hydrogen-bond acceptors (Lipinski definition) is 4. The van der Waals surface area contributed by atoms with Gasteiger partial charge in [0.2, 0.25) is 0 Å². The molecule has 4 heteroatoms. The van der Waals surface area contributed by atoms with Crippen LogP contribution in [0, 0.1) is 0 Å². The fraction of sp³-hybridized carbons (Fsp3) is 0.417. The van der Waals surface area contributed by atoms with Crippen molar-refractivity contribution in [3.63, 3.8) is 0 Å². The highest BCUT2D eigenvalue weighted by Gasteiger charge is 2.17. The van der Waals surface area contributed by atoms with Crippen LogP contribution in [-0.4, -0.2) is 38.1 Å². The van der Waals surface area contributed by atoms with Crippen LogP contribution in [0.4, 0.5) is 5.69 Å². The number of ether oxygens (including phenoxy) is 1. The van der Waals surface area contributed by atoms with Gasteiger partial charge in [0, 0.05) is 42.1 Å². The first-order chi connectivity index (χ1) is 13.4. The fourth-order valence-electron chi connectivity index (χ4n) is 3.65. The van der Waals surface area contributed by atoms with Crippen molar-refractivity contribution in [2.45, 2.75) is 32.8 Å². The van der Waals surface area contributed by atoms with Gasteiger partial charge in [0.1, 0.15) is 12.4 Å². The minimum absolute atomic E-state index is 0.190. The fourth-order valence-corrected chi connectivity index (χ4v) is 4.67. The molecule has 148 valence electrons. The second kappa shape index (κ2) is 7.76. The lowest BCUT2D eigenvalue weighted by atomic mass is 9.89. The Morgan fingerprint density at radius 1 is 1.00 bits per heavy atom. The van der Waals surface area contributed by atoms with E-state index in [-0.39, 0.29) is 5.41 Å². The molecule has 1 fully saturated rings. The van der Waals surface area contributed by atoms with Gasteiger partial charge in [-0.2, -0.15) is 0 Å². The first-order valence-electron chi connectivity index (χ1n) is 10.1. The largest absolute Gasteiger partial charge is 0.488 e. The molecule has 0 spiro atoms. The highest BCUT2D eigenvalue weighted by molar-refractivity contribution is 7.10. The van der Waals surface area contributed by atoms with Crippen LogP contribution in [0.2, 0.25) is 0 Å². The zero-order chi connectivity index (χ0) is 19.7. The molecule has 0 amide bonds. The van der Waals surface area contributed by atoms with Crippen LogP contribution in [0.1, 0.15) is 31.2 Å². The molecule has 2 heterocycles. The summed E-state index contributed by atoms with van der Waals surface area (Å²) in [5, 5.41) is 4.81. The molecule has 0 saturated carbocycles. The van der Waals surface area contributed by atoms with Crippen LogP contribution in [0.15, 0.2) is 47.8 Å². The maximum absolute atomic E-state index is 6.17. The molecule has 1 saturated heterocycles. The smallest absolute Gasteiger partial charge is 0.122 e. The van der Waals surface area contributed by atoms with E-state index in [0.29, 0.717) is 6.61 Å². The first kappa shape index (κ1) is 19.3. The summed E-state index contributed by atoms with van der Waals surface area (Å²) >= 11 is 1.79. The van der Waals surface area contributed by atoms with Crippen molar-refractivity contribution >= 4 is 27.8 Å². The van der Waals surface area contributed by atoms with E-state index in [0.717, 1.165) is 31.9 Å². The van der Waals surface area contributed by atoms with Gasteiger partial charge in [0.15, 0.2) is 0 Å². The molecule has 2 aromatic carbocycles. The minimum atomic E-state index is 0.190. The lowest BCUT2D eigenvalue weighted by molar-refractivity contribution is 0.310. The highest BCUT2D eigenvalue weighted by atomic mass is 32.1. The van der Waals surface area contributed by atoms with Gasteiger partial charge in [-0.05, 0) is 53.1 Å². The summed E-state index contributed by atoms with van der Waals surface area (Å²) in [6.45, 7) is 11.8.